The molecule has 0 unspecified atom stereocenters. The number of rotatable bonds is 7. The highest BCUT2D eigenvalue weighted by molar-refractivity contribution is 7.19. The number of alkyl halides is 3. The number of aromatic nitrogens is 4. The molecule has 4 heterocycles. The van der Waals surface area contributed by atoms with Crippen molar-refractivity contribution in [3.05, 3.63) is 90.9 Å². The van der Waals surface area contributed by atoms with Crippen LogP contribution >= 0.6 is 11.3 Å². The van der Waals surface area contributed by atoms with Crippen molar-refractivity contribution >= 4 is 39.8 Å². The molecule has 0 radical (unpaired) electrons. The average molecular weight is 636 g/mol. The largest absolute Gasteiger partial charge is 0.421 e. The van der Waals surface area contributed by atoms with Gasteiger partial charge in [-0.1, -0.05) is 23.5 Å². The quantitative estimate of drug-likeness (QED) is 0.179. The number of halogens is 4. The van der Waals surface area contributed by atoms with Crippen molar-refractivity contribution in [1.82, 2.24) is 19.9 Å². The third-order valence-electron chi connectivity index (χ3n) is 6.67. The van der Waals surface area contributed by atoms with Gasteiger partial charge >= 0.3 is 18.2 Å². The van der Waals surface area contributed by atoms with Crippen molar-refractivity contribution in [2.24, 2.45) is 0 Å². The summed E-state index contributed by atoms with van der Waals surface area (Å²) in [5.74, 6) is -0.821. The molecule has 3 aromatic heterocycles. The SMILES string of the molecule is O=C(Nc1cnc(Oc2ccc(-c3cnc(N4CCCC4=O)s3)cc2F)nc1)Nc1cc(C(F)(F)F)ccc1-c1cccnc1. The highest BCUT2D eigenvalue weighted by Crippen LogP contribution is 2.37. The first kappa shape index (κ1) is 29.6. The first-order chi connectivity index (χ1) is 21.6. The zero-order chi connectivity index (χ0) is 31.6. The Balaban J connectivity index is 1.11. The Morgan fingerprint density at radius 1 is 0.956 bits per heavy atom. The van der Waals surface area contributed by atoms with Gasteiger partial charge in [-0.25, -0.2) is 24.1 Å². The zero-order valence-corrected chi connectivity index (χ0v) is 23.8. The summed E-state index contributed by atoms with van der Waals surface area (Å²) in [6, 6.07) is 9.52. The Kier molecular flexibility index (Phi) is 8.08. The Morgan fingerprint density at radius 3 is 2.47 bits per heavy atom. The maximum Gasteiger partial charge on any atom is 0.416 e. The smallest absolute Gasteiger partial charge is 0.416 e. The minimum Gasteiger partial charge on any atom is -0.421 e. The number of hydrogen-bond acceptors (Lipinski definition) is 8. The molecule has 1 saturated heterocycles. The van der Waals surface area contributed by atoms with Crippen molar-refractivity contribution in [3.8, 4) is 33.3 Å². The van der Waals surface area contributed by atoms with Gasteiger partial charge in [0.15, 0.2) is 16.7 Å². The molecule has 15 heteroatoms. The molecular formula is C30H21F4N7O3S. The van der Waals surface area contributed by atoms with Gasteiger partial charge in [-0.3, -0.25) is 14.7 Å². The van der Waals surface area contributed by atoms with E-state index in [1.54, 1.807) is 29.3 Å². The minimum absolute atomic E-state index is 0.0124. The fraction of sp³-hybridized carbons (Fsp3) is 0.133. The molecule has 10 nitrogen and oxygen atoms in total. The Morgan fingerprint density at radius 2 is 1.78 bits per heavy atom. The number of anilines is 3. The van der Waals surface area contributed by atoms with Crippen molar-refractivity contribution in [1.29, 1.82) is 0 Å². The van der Waals surface area contributed by atoms with Gasteiger partial charge in [0.25, 0.3) is 0 Å². The number of amides is 3. The zero-order valence-electron chi connectivity index (χ0n) is 23.0. The first-order valence-electron chi connectivity index (χ1n) is 13.4. The van der Waals surface area contributed by atoms with Crippen LogP contribution in [-0.4, -0.2) is 38.4 Å². The second kappa shape index (κ2) is 12.3. The number of urea groups is 1. The summed E-state index contributed by atoms with van der Waals surface area (Å²) in [5.41, 5.74) is 0.455. The number of carbonyl (C=O) groups is 2. The van der Waals surface area contributed by atoms with Crippen molar-refractivity contribution in [3.63, 3.8) is 0 Å². The van der Waals surface area contributed by atoms with E-state index in [0.717, 1.165) is 18.6 Å². The van der Waals surface area contributed by atoms with Crippen molar-refractivity contribution in [2.75, 3.05) is 22.1 Å². The highest BCUT2D eigenvalue weighted by atomic mass is 32.1. The molecule has 1 aliphatic rings. The normalized spacial score (nSPS) is 13.2. The Hall–Kier alpha value is -5.44. The lowest BCUT2D eigenvalue weighted by molar-refractivity contribution is -0.137. The first-order valence-corrected chi connectivity index (χ1v) is 14.2. The van der Waals surface area contributed by atoms with E-state index in [1.165, 1.54) is 54.3 Å². The molecule has 3 amide bonds. The van der Waals surface area contributed by atoms with E-state index in [2.05, 4.69) is 30.6 Å². The molecule has 5 aromatic rings. The van der Waals surface area contributed by atoms with E-state index in [9.17, 15) is 27.2 Å². The molecule has 0 atom stereocenters. The lowest BCUT2D eigenvalue weighted by Gasteiger charge is -2.15. The predicted molar refractivity (Wildman–Crippen MR) is 159 cm³/mol. The number of benzene rings is 2. The average Bonchev–Trinajstić information content (AvgIpc) is 3.68. The van der Waals surface area contributed by atoms with E-state index < -0.39 is 23.6 Å². The monoisotopic (exact) mass is 635 g/mol. The standard InChI is InChI=1S/C30H21F4N7O3S/c31-22-11-17(25-16-38-29(45-25)41-10-2-4-26(41)42)5-8-24(22)44-28-36-14-20(15-37-28)39-27(43)40-23-12-19(30(32,33)34)6-7-21(23)18-3-1-9-35-13-18/h1,3,5-9,11-16H,2,4,10H2,(H2,39,40,43). The molecule has 1 fully saturated rings. The summed E-state index contributed by atoms with van der Waals surface area (Å²) < 4.78 is 60.5. The fourth-order valence-electron chi connectivity index (χ4n) is 4.52. The van der Waals surface area contributed by atoms with E-state index >= 15 is 0 Å². The maximum absolute atomic E-state index is 14.9. The van der Waals surface area contributed by atoms with E-state index in [4.69, 9.17) is 4.74 Å². The summed E-state index contributed by atoms with van der Waals surface area (Å²) >= 11 is 1.28. The van der Waals surface area contributed by atoms with Crippen LogP contribution in [0.4, 0.5) is 38.9 Å². The van der Waals surface area contributed by atoms with Gasteiger partial charge in [-0.2, -0.15) is 13.2 Å². The summed E-state index contributed by atoms with van der Waals surface area (Å²) in [7, 11) is 0. The molecule has 0 spiro atoms. The number of ether oxygens (including phenoxy) is 1. The second-order valence-electron chi connectivity index (χ2n) is 9.74. The summed E-state index contributed by atoms with van der Waals surface area (Å²) in [4.78, 5) is 43.2. The minimum atomic E-state index is -4.62. The van der Waals surface area contributed by atoms with Gasteiger partial charge in [-0.05, 0) is 48.4 Å². The summed E-state index contributed by atoms with van der Waals surface area (Å²) in [6.07, 6.45) is 3.58. The molecule has 0 saturated carbocycles. The third-order valence-corrected chi connectivity index (χ3v) is 7.74. The second-order valence-corrected chi connectivity index (χ2v) is 10.7. The van der Waals surface area contributed by atoms with Crippen LogP contribution in [0.25, 0.3) is 21.6 Å². The van der Waals surface area contributed by atoms with Crippen LogP contribution < -0.4 is 20.3 Å². The summed E-state index contributed by atoms with van der Waals surface area (Å²) in [5, 5.41) is 5.45. The lowest BCUT2D eigenvalue weighted by atomic mass is 10.0. The van der Waals surface area contributed by atoms with Crippen LogP contribution in [0.1, 0.15) is 18.4 Å². The molecule has 0 bridgehead atoms. The van der Waals surface area contributed by atoms with Crippen LogP contribution in [0, 0.1) is 5.82 Å². The molecular weight excluding hydrogens is 614 g/mol. The molecule has 2 aromatic carbocycles. The van der Waals surface area contributed by atoms with E-state index in [0.29, 0.717) is 39.7 Å². The number of carbonyl (C=O) groups excluding carboxylic acids is 2. The van der Waals surface area contributed by atoms with Crippen molar-refractivity contribution in [2.45, 2.75) is 19.0 Å². The van der Waals surface area contributed by atoms with Gasteiger partial charge in [-0.15, -0.1) is 0 Å². The van der Waals surface area contributed by atoms with E-state index in [1.807, 2.05) is 0 Å². The van der Waals surface area contributed by atoms with Crippen molar-refractivity contribution < 1.29 is 31.9 Å². The van der Waals surface area contributed by atoms with Crippen LogP contribution in [0.5, 0.6) is 11.8 Å². The molecule has 2 N–H and O–H groups in total. The molecule has 45 heavy (non-hydrogen) atoms. The number of pyridine rings is 1. The maximum atomic E-state index is 14.9. The number of nitrogens with one attached hydrogen (secondary N) is 2. The van der Waals surface area contributed by atoms with Crippen LogP contribution in [0.2, 0.25) is 0 Å². The lowest BCUT2D eigenvalue weighted by Crippen LogP contribution is -2.23. The molecule has 228 valence electrons. The predicted octanol–water partition coefficient (Wildman–Crippen LogP) is 7.38. The Labute approximate surface area is 256 Å². The van der Waals surface area contributed by atoms with Gasteiger partial charge in [0, 0.05) is 42.7 Å². The molecule has 1 aliphatic heterocycles. The van der Waals surface area contributed by atoms with Crippen LogP contribution in [0.3, 0.4) is 0 Å². The summed E-state index contributed by atoms with van der Waals surface area (Å²) in [6.45, 7) is 0.606. The van der Waals surface area contributed by atoms with Crippen LogP contribution in [-0.2, 0) is 11.0 Å². The topological polar surface area (TPSA) is 122 Å². The van der Waals surface area contributed by atoms with Gasteiger partial charge in [0.2, 0.25) is 5.91 Å². The van der Waals surface area contributed by atoms with Gasteiger partial charge < -0.3 is 15.4 Å². The number of hydrogen-bond donors (Lipinski definition) is 2. The fourth-order valence-corrected chi connectivity index (χ4v) is 5.48. The van der Waals surface area contributed by atoms with Crippen LogP contribution in [0.15, 0.2) is 79.5 Å². The third kappa shape index (κ3) is 6.72. The Bertz CT molecular complexity index is 1870. The number of nitrogens with zero attached hydrogens (tertiary/aromatic N) is 5. The van der Waals surface area contributed by atoms with E-state index in [-0.39, 0.29) is 29.0 Å². The number of thiazole rings is 1. The van der Waals surface area contributed by atoms with Gasteiger partial charge in [0.05, 0.1) is 34.2 Å². The highest BCUT2D eigenvalue weighted by Gasteiger charge is 2.31. The van der Waals surface area contributed by atoms with Gasteiger partial charge in [0.1, 0.15) is 0 Å². The molecule has 6 rings (SSSR count). The molecule has 0 aliphatic carbocycles.